The molecule has 2 aromatic rings. The van der Waals surface area contributed by atoms with E-state index in [0.717, 1.165) is 17.9 Å². The van der Waals surface area contributed by atoms with Gasteiger partial charge < -0.3 is 9.80 Å². The number of rotatable bonds is 6. The highest BCUT2D eigenvalue weighted by Gasteiger charge is 2.34. The van der Waals surface area contributed by atoms with Gasteiger partial charge in [-0.2, -0.15) is 0 Å². The van der Waals surface area contributed by atoms with E-state index in [4.69, 9.17) is 0 Å². The van der Waals surface area contributed by atoms with Crippen LogP contribution in [-0.4, -0.2) is 54.8 Å². The molecule has 0 radical (unpaired) electrons. The van der Waals surface area contributed by atoms with Crippen molar-refractivity contribution < 1.29 is 13.2 Å². The van der Waals surface area contributed by atoms with E-state index < -0.39 is 9.84 Å². The minimum Gasteiger partial charge on any atom is -0.342 e. The van der Waals surface area contributed by atoms with Gasteiger partial charge in [0.2, 0.25) is 0 Å². The van der Waals surface area contributed by atoms with Crippen LogP contribution in [0.15, 0.2) is 48.7 Å². The summed E-state index contributed by atoms with van der Waals surface area (Å²) in [5.74, 6) is -0.0326. The van der Waals surface area contributed by atoms with Crippen molar-refractivity contribution in [1.29, 1.82) is 0 Å². The van der Waals surface area contributed by atoms with Crippen molar-refractivity contribution in [2.45, 2.75) is 26.3 Å². The van der Waals surface area contributed by atoms with Crippen LogP contribution in [0.5, 0.6) is 0 Å². The number of amides is 1. The number of para-hydroxylation sites is 1. The molecule has 1 fully saturated rings. The molecule has 2 heterocycles. The smallest absolute Gasteiger partial charge is 0.272 e. The lowest BCUT2D eigenvalue weighted by atomic mass is 10.2. The fourth-order valence-electron chi connectivity index (χ4n) is 3.56. The summed E-state index contributed by atoms with van der Waals surface area (Å²) in [6.45, 7) is 5.13. The first-order valence-electron chi connectivity index (χ1n) is 9.25. The minimum absolute atomic E-state index is 0.0391. The molecule has 6 nitrogen and oxygen atoms in total. The molecule has 0 saturated carbocycles. The van der Waals surface area contributed by atoms with Crippen LogP contribution in [-0.2, 0) is 9.84 Å². The zero-order chi connectivity index (χ0) is 19.4. The summed E-state index contributed by atoms with van der Waals surface area (Å²) in [7, 11) is -3.05. The Bertz CT molecular complexity index is 900. The maximum atomic E-state index is 13.0. The Hall–Kier alpha value is -2.41. The first kappa shape index (κ1) is 19.4. The van der Waals surface area contributed by atoms with Crippen LogP contribution in [0, 0.1) is 0 Å². The number of pyridine rings is 1. The zero-order valence-electron chi connectivity index (χ0n) is 15.7. The highest BCUT2D eigenvalue weighted by molar-refractivity contribution is 7.91. The molecule has 144 valence electrons. The monoisotopic (exact) mass is 387 g/mol. The molecule has 7 heteroatoms. The SMILES string of the molecule is CCN(c1ccccc1)c1ccnc(C(=O)N(CC)C2CCS(=O)(=O)C2)c1. The third kappa shape index (κ3) is 4.30. The molecule has 0 aliphatic carbocycles. The summed E-state index contributed by atoms with van der Waals surface area (Å²) in [4.78, 5) is 21.0. The molecule has 1 aliphatic heterocycles. The van der Waals surface area contributed by atoms with Gasteiger partial charge in [0.15, 0.2) is 9.84 Å². The predicted octanol–water partition coefficient (Wildman–Crippen LogP) is 2.89. The van der Waals surface area contributed by atoms with Crippen LogP contribution in [0.3, 0.4) is 0 Å². The van der Waals surface area contributed by atoms with Crippen molar-refractivity contribution in [3.63, 3.8) is 0 Å². The Kier molecular flexibility index (Phi) is 5.79. The third-order valence-electron chi connectivity index (χ3n) is 4.91. The summed E-state index contributed by atoms with van der Waals surface area (Å²) >= 11 is 0. The molecule has 0 bridgehead atoms. The maximum Gasteiger partial charge on any atom is 0.272 e. The number of carbonyl (C=O) groups is 1. The average molecular weight is 388 g/mol. The number of anilines is 2. The molecule has 1 atom stereocenters. The van der Waals surface area contributed by atoms with Gasteiger partial charge in [0.25, 0.3) is 5.91 Å². The van der Waals surface area contributed by atoms with E-state index in [1.54, 1.807) is 17.2 Å². The maximum absolute atomic E-state index is 13.0. The van der Waals surface area contributed by atoms with E-state index >= 15 is 0 Å². The topological polar surface area (TPSA) is 70.6 Å². The number of sulfone groups is 1. The molecule has 1 aliphatic rings. The molecule has 1 aromatic carbocycles. The van der Waals surface area contributed by atoms with Crippen LogP contribution in [0.2, 0.25) is 0 Å². The number of carbonyl (C=O) groups excluding carboxylic acids is 1. The Morgan fingerprint density at radius 3 is 2.44 bits per heavy atom. The molecule has 3 rings (SSSR count). The van der Waals surface area contributed by atoms with Crippen molar-refractivity contribution in [3.05, 3.63) is 54.4 Å². The van der Waals surface area contributed by atoms with E-state index in [9.17, 15) is 13.2 Å². The summed E-state index contributed by atoms with van der Waals surface area (Å²) in [6, 6.07) is 13.4. The van der Waals surface area contributed by atoms with E-state index in [1.165, 1.54) is 0 Å². The summed E-state index contributed by atoms with van der Waals surface area (Å²) < 4.78 is 23.6. The van der Waals surface area contributed by atoms with Crippen molar-refractivity contribution in [1.82, 2.24) is 9.88 Å². The van der Waals surface area contributed by atoms with Crippen LogP contribution in [0.4, 0.5) is 11.4 Å². The number of hydrogen-bond acceptors (Lipinski definition) is 5. The van der Waals surface area contributed by atoms with Gasteiger partial charge in [-0.15, -0.1) is 0 Å². The van der Waals surface area contributed by atoms with Crippen LogP contribution in [0.25, 0.3) is 0 Å². The van der Waals surface area contributed by atoms with E-state index in [2.05, 4.69) is 16.8 Å². The van der Waals surface area contributed by atoms with Gasteiger partial charge in [0.05, 0.1) is 11.5 Å². The Balaban J connectivity index is 1.86. The molecule has 27 heavy (non-hydrogen) atoms. The molecular weight excluding hydrogens is 362 g/mol. The number of nitrogens with zero attached hydrogens (tertiary/aromatic N) is 3. The predicted molar refractivity (Wildman–Crippen MR) is 107 cm³/mol. The number of hydrogen-bond donors (Lipinski definition) is 0. The fraction of sp³-hybridized carbons (Fsp3) is 0.400. The second kappa shape index (κ2) is 8.08. The van der Waals surface area contributed by atoms with E-state index in [0.29, 0.717) is 18.7 Å². The molecule has 1 unspecified atom stereocenters. The summed E-state index contributed by atoms with van der Waals surface area (Å²) in [5, 5.41) is 0. The van der Waals surface area contributed by atoms with E-state index in [-0.39, 0.29) is 23.5 Å². The van der Waals surface area contributed by atoms with Crippen molar-refractivity contribution in [3.8, 4) is 0 Å². The highest BCUT2D eigenvalue weighted by atomic mass is 32.2. The minimum atomic E-state index is -3.05. The molecule has 0 spiro atoms. The zero-order valence-corrected chi connectivity index (χ0v) is 16.5. The fourth-order valence-corrected chi connectivity index (χ4v) is 5.29. The first-order valence-corrected chi connectivity index (χ1v) is 11.1. The standard InChI is InChI=1S/C20H25N3O3S/c1-3-22(16-8-6-5-7-9-16)17-10-12-21-19(14-17)20(24)23(4-2)18-11-13-27(25,26)15-18/h5-10,12,14,18H,3-4,11,13,15H2,1-2H3. The molecule has 0 N–H and O–H groups in total. The summed E-state index contributed by atoms with van der Waals surface area (Å²) in [6.07, 6.45) is 2.13. The second-order valence-electron chi connectivity index (χ2n) is 6.63. The normalized spacial score (nSPS) is 18.2. The van der Waals surface area contributed by atoms with E-state index in [1.807, 2.05) is 43.3 Å². The molecular formula is C20H25N3O3S. The largest absolute Gasteiger partial charge is 0.342 e. The Labute approximate surface area is 160 Å². The van der Waals surface area contributed by atoms with Gasteiger partial charge >= 0.3 is 0 Å². The lowest BCUT2D eigenvalue weighted by Gasteiger charge is -2.27. The van der Waals surface area contributed by atoms with Gasteiger partial charge in [0, 0.05) is 36.7 Å². The highest BCUT2D eigenvalue weighted by Crippen LogP contribution is 2.26. The Morgan fingerprint density at radius 2 is 1.85 bits per heavy atom. The Morgan fingerprint density at radius 1 is 1.11 bits per heavy atom. The summed E-state index contributed by atoms with van der Waals surface area (Å²) in [5.41, 5.74) is 2.27. The van der Waals surface area contributed by atoms with Gasteiger partial charge in [-0.3, -0.25) is 9.78 Å². The second-order valence-corrected chi connectivity index (χ2v) is 8.86. The molecule has 1 amide bonds. The average Bonchev–Trinajstić information content (AvgIpc) is 3.03. The molecule has 1 saturated heterocycles. The number of benzene rings is 1. The van der Waals surface area contributed by atoms with Crippen molar-refractivity contribution >= 4 is 27.1 Å². The van der Waals surface area contributed by atoms with Crippen molar-refractivity contribution in [2.24, 2.45) is 0 Å². The lowest BCUT2D eigenvalue weighted by Crippen LogP contribution is -2.41. The third-order valence-corrected chi connectivity index (χ3v) is 6.66. The van der Waals surface area contributed by atoms with Crippen molar-refractivity contribution in [2.75, 3.05) is 29.5 Å². The first-order chi connectivity index (χ1) is 12.9. The van der Waals surface area contributed by atoms with Gasteiger partial charge in [0.1, 0.15) is 5.69 Å². The number of aromatic nitrogens is 1. The quantitative estimate of drug-likeness (QED) is 0.762. The lowest BCUT2D eigenvalue weighted by molar-refractivity contribution is 0.0702. The molecule has 1 aromatic heterocycles. The van der Waals surface area contributed by atoms with Gasteiger partial charge in [-0.25, -0.2) is 8.42 Å². The van der Waals surface area contributed by atoms with Gasteiger partial charge in [-0.05, 0) is 44.5 Å². The van der Waals surface area contributed by atoms with Crippen LogP contribution < -0.4 is 4.90 Å². The van der Waals surface area contributed by atoms with Gasteiger partial charge in [-0.1, -0.05) is 18.2 Å². The van der Waals surface area contributed by atoms with Crippen LogP contribution in [0.1, 0.15) is 30.8 Å². The van der Waals surface area contributed by atoms with Crippen LogP contribution >= 0.6 is 0 Å².